The van der Waals surface area contributed by atoms with Crippen molar-refractivity contribution in [1.82, 2.24) is 9.29 Å². The minimum atomic E-state index is -3.77. The maximum absolute atomic E-state index is 12.1. The summed E-state index contributed by atoms with van der Waals surface area (Å²) in [6.45, 7) is 1.82. The Balaban J connectivity index is 3.13. The van der Waals surface area contributed by atoms with E-state index in [1.165, 1.54) is 6.07 Å². The first kappa shape index (κ1) is 14.2. The van der Waals surface area contributed by atoms with Gasteiger partial charge in [-0.2, -0.15) is 4.31 Å². The monoisotopic (exact) mass is 268 g/mol. The Morgan fingerprint density at radius 3 is 2.61 bits per heavy atom. The molecular formula is C11H12N2O4S. The molecular weight excluding hydrogens is 256 g/mol. The normalized spacial score (nSPS) is 11.2. The summed E-state index contributed by atoms with van der Waals surface area (Å²) in [7, 11) is -3.77. The lowest BCUT2D eigenvalue weighted by atomic mass is 10.3. The van der Waals surface area contributed by atoms with Gasteiger partial charge < -0.3 is 5.11 Å². The van der Waals surface area contributed by atoms with Crippen molar-refractivity contribution < 1.29 is 18.3 Å². The van der Waals surface area contributed by atoms with E-state index in [4.69, 9.17) is 11.5 Å². The Kier molecular flexibility index (Phi) is 4.42. The topological polar surface area (TPSA) is 87.6 Å². The lowest BCUT2D eigenvalue weighted by molar-refractivity contribution is 0.0696. The van der Waals surface area contributed by atoms with E-state index < -0.39 is 16.0 Å². The Hall–Kier alpha value is -1.91. The van der Waals surface area contributed by atoms with Crippen molar-refractivity contribution in [2.45, 2.75) is 11.9 Å². The number of pyridine rings is 1. The fraction of sp³-hybridized carbons (Fsp3) is 0.273. The number of rotatable bonds is 5. The summed E-state index contributed by atoms with van der Waals surface area (Å²) in [6, 6.07) is 2.34. The van der Waals surface area contributed by atoms with E-state index in [1.54, 1.807) is 6.92 Å². The Labute approximate surface area is 105 Å². The third-order valence-corrected chi connectivity index (χ3v) is 4.05. The van der Waals surface area contributed by atoms with Gasteiger partial charge in [0.05, 0.1) is 12.1 Å². The molecule has 18 heavy (non-hydrogen) atoms. The highest BCUT2D eigenvalue weighted by molar-refractivity contribution is 7.89. The summed E-state index contributed by atoms with van der Waals surface area (Å²) in [6.07, 6.45) is 6.09. The molecule has 0 atom stereocenters. The molecule has 0 amide bonds. The number of hydrogen-bond acceptors (Lipinski definition) is 4. The minimum Gasteiger partial charge on any atom is -0.478 e. The Bertz CT molecular complexity index is 572. The molecule has 0 saturated heterocycles. The number of hydrogen-bond donors (Lipinski definition) is 1. The zero-order valence-electron chi connectivity index (χ0n) is 9.70. The molecule has 0 unspecified atom stereocenters. The second-order valence-electron chi connectivity index (χ2n) is 3.33. The van der Waals surface area contributed by atoms with Gasteiger partial charge in [0, 0.05) is 12.7 Å². The summed E-state index contributed by atoms with van der Waals surface area (Å²) in [5.41, 5.74) is -0.0750. The molecule has 0 spiro atoms. The van der Waals surface area contributed by atoms with E-state index in [1.807, 2.05) is 0 Å². The summed E-state index contributed by atoms with van der Waals surface area (Å²) in [4.78, 5) is 14.3. The van der Waals surface area contributed by atoms with Gasteiger partial charge in [-0.15, -0.1) is 6.42 Å². The number of carboxylic acids is 1. The zero-order valence-corrected chi connectivity index (χ0v) is 10.5. The van der Waals surface area contributed by atoms with E-state index in [-0.39, 0.29) is 23.7 Å². The molecule has 7 heteroatoms. The van der Waals surface area contributed by atoms with Gasteiger partial charge >= 0.3 is 5.97 Å². The maximum Gasteiger partial charge on any atom is 0.337 e. The minimum absolute atomic E-state index is 0.0544. The molecule has 0 aromatic carbocycles. The quantitative estimate of drug-likeness (QED) is 0.782. The van der Waals surface area contributed by atoms with Crippen LogP contribution in [0.5, 0.6) is 0 Å². The molecule has 0 aliphatic carbocycles. The zero-order chi connectivity index (χ0) is 13.8. The van der Waals surface area contributed by atoms with Crippen LogP contribution in [-0.2, 0) is 10.0 Å². The van der Waals surface area contributed by atoms with Gasteiger partial charge in [0.2, 0.25) is 0 Å². The van der Waals surface area contributed by atoms with Crippen LogP contribution in [0.4, 0.5) is 0 Å². The first-order valence-electron chi connectivity index (χ1n) is 5.06. The standard InChI is InChI=1S/C11H12N2O4S/c1-3-7-13(4-2)18(16,17)10-6-5-9(8-12-10)11(14)15/h1,5-6,8H,4,7H2,2H3,(H,14,15). The van der Waals surface area contributed by atoms with E-state index in [0.717, 1.165) is 16.6 Å². The number of carboxylic acid groups (broad SMARTS) is 1. The Morgan fingerprint density at radius 2 is 2.22 bits per heavy atom. The highest BCUT2D eigenvalue weighted by atomic mass is 32.2. The molecule has 0 fully saturated rings. The highest BCUT2D eigenvalue weighted by Gasteiger charge is 2.23. The van der Waals surface area contributed by atoms with Gasteiger partial charge in [-0.3, -0.25) is 0 Å². The van der Waals surface area contributed by atoms with Gasteiger partial charge in [-0.25, -0.2) is 18.2 Å². The molecule has 0 aliphatic rings. The van der Waals surface area contributed by atoms with Crippen LogP contribution in [0, 0.1) is 12.3 Å². The molecule has 1 heterocycles. The number of aromatic nitrogens is 1. The van der Waals surface area contributed by atoms with Crippen LogP contribution >= 0.6 is 0 Å². The maximum atomic E-state index is 12.1. The number of terminal acetylenes is 1. The first-order valence-corrected chi connectivity index (χ1v) is 6.50. The molecule has 0 saturated carbocycles. The lowest BCUT2D eigenvalue weighted by Gasteiger charge is -2.16. The number of carbonyl (C=O) groups is 1. The summed E-state index contributed by atoms with van der Waals surface area (Å²) >= 11 is 0. The van der Waals surface area contributed by atoms with Crippen LogP contribution in [0.3, 0.4) is 0 Å². The number of sulfonamides is 1. The van der Waals surface area contributed by atoms with Crippen molar-refractivity contribution in [3.05, 3.63) is 23.9 Å². The van der Waals surface area contributed by atoms with E-state index in [9.17, 15) is 13.2 Å². The highest BCUT2D eigenvalue weighted by Crippen LogP contribution is 2.13. The average molecular weight is 268 g/mol. The molecule has 1 aromatic rings. The van der Waals surface area contributed by atoms with Crippen LogP contribution in [0.2, 0.25) is 0 Å². The molecule has 6 nitrogen and oxygen atoms in total. The van der Waals surface area contributed by atoms with Gasteiger partial charge in [0.15, 0.2) is 5.03 Å². The van der Waals surface area contributed by atoms with Crippen molar-refractivity contribution >= 4 is 16.0 Å². The van der Waals surface area contributed by atoms with Crippen LogP contribution in [0.15, 0.2) is 23.4 Å². The van der Waals surface area contributed by atoms with Crippen LogP contribution < -0.4 is 0 Å². The fourth-order valence-electron chi connectivity index (χ4n) is 1.26. The van der Waals surface area contributed by atoms with Gasteiger partial charge in [0.25, 0.3) is 10.0 Å². The van der Waals surface area contributed by atoms with E-state index in [0.29, 0.717) is 0 Å². The molecule has 0 radical (unpaired) electrons. The smallest absolute Gasteiger partial charge is 0.337 e. The van der Waals surface area contributed by atoms with Crippen molar-refractivity contribution in [2.24, 2.45) is 0 Å². The Morgan fingerprint density at radius 1 is 1.56 bits per heavy atom. The summed E-state index contributed by atoms with van der Waals surface area (Å²) in [5.74, 6) is 1.08. The summed E-state index contributed by atoms with van der Waals surface area (Å²) < 4.78 is 25.2. The van der Waals surface area contributed by atoms with Crippen molar-refractivity contribution in [2.75, 3.05) is 13.1 Å². The second-order valence-corrected chi connectivity index (χ2v) is 5.21. The molecule has 0 aliphatic heterocycles. The third kappa shape index (κ3) is 2.85. The predicted molar refractivity (Wildman–Crippen MR) is 64.5 cm³/mol. The van der Waals surface area contributed by atoms with Crippen LogP contribution in [0.1, 0.15) is 17.3 Å². The van der Waals surface area contributed by atoms with Crippen molar-refractivity contribution in [3.8, 4) is 12.3 Å². The average Bonchev–Trinajstić information content (AvgIpc) is 2.35. The van der Waals surface area contributed by atoms with E-state index >= 15 is 0 Å². The van der Waals surface area contributed by atoms with Gasteiger partial charge in [-0.05, 0) is 12.1 Å². The first-order chi connectivity index (χ1) is 8.43. The van der Waals surface area contributed by atoms with Crippen LogP contribution in [-0.4, -0.2) is 41.9 Å². The lowest BCUT2D eigenvalue weighted by Crippen LogP contribution is -2.31. The van der Waals surface area contributed by atoms with Crippen molar-refractivity contribution in [3.63, 3.8) is 0 Å². The van der Waals surface area contributed by atoms with Crippen molar-refractivity contribution in [1.29, 1.82) is 0 Å². The van der Waals surface area contributed by atoms with E-state index in [2.05, 4.69) is 10.9 Å². The largest absolute Gasteiger partial charge is 0.478 e. The van der Waals surface area contributed by atoms with Gasteiger partial charge in [-0.1, -0.05) is 12.8 Å². The molecule has 96 valence electrons. The second kappa shape index (κ2) is 5.62. The molecule has 1 N–H and O–H groups in total. The third-order valence-electron chi connectivity index (χ3n) is 2.21. The molecule has 1 aromatic heterocycles. The predicted octanol–water partition coefficient (Wildman–Crippen LogP) is 0.424. The SMILES string of the molecule is C#CCN(CC)S(=O)(=O)c1ccc(C(=O)O)cn1. The van der Waals surface area contributed by atoms with Crippen LogP contribution in [0.25, 0.3) is 0 Å². The fourth-order valence-corrected chi connectivity index (χ4v) is 2.54. The molecule has 0 bridgehead atoms. The number of nitrogens with zero attached hydrogens (tertiary/aromatic N) is 2. The van der Waals surface area contributed by atoms with Gasteiger partial charge in [0.1, 0.15) is 0 Å². The molecule has 1 rings (SSSR count). The number of aromatic carboxylic acids is 1. The summed E-state index contributed by atoms with van der Waals surface area (Å²) in [5, 5.41) is 8.47.